The predicted molar refractivity (Wildman–Crippen MR) is 116 cm³/mol. The molecular formula is C22H28N2O5S. The monoisotopic (exact) mass is 432 g/mol. The number of benzene rings is 1. The van der Waals surface area contributed by atoms with Gasteiger partial charge in [-0.25, -0.2) is 4.79 Å². The van der Waals surface area contributed by atoms with E-state index in [1.54, 1.807) is 31.4 Å². The molecule has 2 aromatic rings. The number of Topliss-reactive ketones (excluding diaryl/α,β-unsaturated/α-hetero) is 1. The molecule has 0 unspecified atom stereocenters. The van der Waals surface area contributed by atoms with Crippen LogP contribution < -0.4 is 5.32 Å². The van der Waals surface area contributed by atoms with Crippen LogP contribution in [0.15, 0.2) is 35.2 Å². The summed E-state index contributed by atoms with van der Waals surface area (Å²) in [5.74, 6) is -0.813. The van der Waals surface area contributed by atoms with Crippen LogP contribution in [0.5, 0.6) is 0 Å². The molecule has 1 aromatic carbocycles. The Balaban J connectivity index is 1.97. The maximum atomic E-state index is 12.6. The molecule has 1 heterocycles. The highest BCUT2D eigenvalue weighted by Crippen LogP contribution is 2.23. The van der Waals surface area contributed by atoms with Crippen LogP contribution in [0.4, 0.5) is 0 Å². The Morgan fingerprint density at radius 2 is 1.87 bits per heavy atom. The number of carbonyl (C=O) groups excluding carboxylic acids is 3. The van der Waals surface area contributed by atoms with Crippen molar-refractivity contribution in [3.8, 4) is 0 Å². The number of ketones is 1. The molecule has 0 bridgehead atoms. The minimum Gasteiger partial charge on any atom is -0.454 e. The van der Waals surface area contributed by atoms with Crippen LogP contribution in [0.2, 0.25) is 0 Å². The third-order valence-electron chi connectivity index (χ3n) is 4.62. The minimum absolute atomic E-state index is 0.151. The van der Waals surface area contributed by atoms with E-state index in [2.05, 4.69) is 5.32 Å². The Bertz CT molecular complexity index is 907. The van der Waals surface area contributed by atoms with Gasteiger partial charge in [0, 0.05) is 42.0 Å². The van der Waals surface area contributed by atoms with Crippen molar-refractivity contribution in [3.05, 3.63) is 52.8 Å². The Hall–Kier alpha value is -2.58. The van der Waals surface area contributed by atoms with Crippen molar-refractivity contribution in [3.63, 3.8) is 0 Å². The van der Waals surface area contributed by atoms with Crippen molar-refractivity contribution >= 4 is 29.4 Å². The number of hydrogen-bond donors (Lipinski definition) is 1. The van der Waals surface area contributed by atoms with E-state index in [0.717, 1.165) is 17.9 Å². The van der Waals surface area contributed by atoms with Crippen molar-refractivity contribution in [2.24, 2.45) is 0 Å². The number of hydrogen-bond acceptors (Lipinski definition) is 6. The second-order valence-corrected chi connectivity index (χ2v) is 7.67. The second-order valence-electron chi connectivity index (χ2n) is 6.66. The molecule has 7 nitrogen and oxygen atoms in total. The van der Waals surface area contributed by atoms with Gasteiger partial charge in [-0.05, 0) is 39.0 Å². The highest BCUT2D eigenvalue weighted by atomic mass is 32.2. The summed E-state index contributed by atoms with van der Waals surface area (Å²) in [4.78, 5) is 37.6. The van der Waals surface area contributed by atoms with E-state index in [1.807, 2.05) is 31.4 Å². The number of nitrogens with zero attached hydrogens (tertiary/aromatic N) is 1. The van der Waals surface area contributed by atoms with Crippen LogP contribution in [0.3, 0.4) is 0 Å². The summed E-state index contributed by atoms with van der Waals surface area (Å²) in [5.41, 5.74) is 2.76. The number of nitrogens with one attached hydrogen (secondary N) is 1. The van der Waals surface area contributed by atoms with Gasteiger partial charge >= 0.3 is 5.97 Å². The van der Waals surface area contributed by atoms with Gasteiger partial charge in [-0.15, -0.1) is 11.8 Å². The van der Waals surface area contributed by atoms with Crippen molar-refractivity contribution in [1.29, 1.82) is 0 Å². The summed E-state index contributed by atoms with van der Waals surface area (Å²) < 4.78 is 12.2. The molecule has 1 amide bonds. The first kappa shape index (κ1) is 23.7. The number of carbonyl (C=O) groups is 3. The minimum atomic E-state index is -0.587. The topological polar surface area (TPSA) is 86.6 Å². The molecule has 0 fully saturated rings. The standard InChI is InChI=1S/C22H28N2O5S/c1-5-24-15(2)12-18(16(24)3)19(25)13-29-22(27)17-8-6-7-9-20(17)30-14-21(26)23-10-11-28-4/h6-9,12H,5,10-11,13-14H2,1-4H3,(H,23,26). The molecule has 0 radical (unpaired) electrons. The van der Waals surface area contributed by atoms with Crippen molar-refractivity contribution in [2.45, 2.75) is 32.2 Å². The first-order chi connectivity index (χ1) is 14.4. The fourth-order valence-corrected chi connectivity index (χ4v) is 3.97. The number of esters is 1. The van der Waals surface area contributed by atoms with Crippen LogP contribution >= 0.6 is 11.8 Å². The predicted octanol–water partition coefficient (Wildman–Crippen LogP) is 3.02. The second kappa shape index (κ2) is 11.6. The van der Waals surface area contributed by atoms with Gasteiger partial charge in [0.25, 0.3) is 0 Å². The molecule has 30 heavy (non-hydrogen) atoms. The molecule has 162 valence electrons. The smallest absolute Gasteiger partial charge is 0.339 e. The maximum Gasteiger partial charge on any atom is 0.339 e. The number of methoxy groups -OCH3 is 1. The average Bonchev–Trinajstić information content (AvgIpc) is 3.03. The lowest BCUT2D eigenvalue weighted by atomic mass is 10.1. The van der Waals surface area contributed by atoms with Crippen LogP contribution in [0.25, 0.3) is 0 Å². The molecule has 0 spiro atoms. The number of amides is 1. The quantitative estimate of drug-likeness (QED) is 0.254. The summed E-state index contributed by atoms with van der Waals surface area (Å²) in [6.45, 7) is 7.15. The first-order valence-electron chi connectivity index (χ1n) is 9.73. The molecule has 2 rings (SSSR count). The molecule has 0 aliphatic carbocycles. The largest absolute Gasteiger partial charge is 0.454 e. The van der Waals surface area contributed by atoms with Crippen molar-refractivity contribution < 1.29 is 23.9 Å². The normalized spacial score (nSPS) is 10.7. The summed E-state index contributed by atoms with van der Waals surface area (Å²) >= 11 is 1.24. The molecule has 0 atom stereocenters. The van der Waals surface area contributed by atoms with Gasteiger partial charge in [0.15, 0.2) is 6.61 Å². The van der Waals surface area contributed by atoms with Crippen molar-refractivity contribution in [1.82, 2.24) is 9.88 Å². The van der Waals surface area contributed by atoms with Crippen LogP contribution in [0, 0.1) is 13.8 Å². The maximum absolute atomic E-state index is 12.6. The lowest BCUT2D eigenvalue weighted by Crippen LogP contribution is -2.28. The zero-order chi connectivity index (χ0) is 22.1. The van der Waals surface area contributed by atoms with Crippen LogP contribution in [-0.4, -0.2) is 54.8 Å². The molecule has 8 heteroatoms. The average molecular weight is 433 g/mol. The van der Waals surface area contributed by atoms with E-state index in [4.69, 9.17) is 9.47 Å². The Morgan fingerprint density at radius 1 is 1.13 bits per heavy atom. The van der Waals surface area contributed by atoms with E-state index in [0.29, 0.717) is 29.2 Å². The van der Waals surface area contributed by atoms with Crippen molar-refractivity contribution in [2.75, 3.05) is 32.6 Å². The zero-order valence-corrected chi connectivity index (χ0v) is 18.6. The van der Waals surface area contributed by atoms with Gasteiger partial charge in [-0.1, -0.05) is 12.1 Å². The number of aromatic nitrogens is 1. The third kappa shape index (κ3) is 6.21. The first-order valence-corrected chi connectivity index (χ1v) is 10.7. The summed E-state index contributed by atoms with van der Waals surface area (Å²) in [5, 5.41) is 2.73. The fraction of sp³-hybridized carbons (Fsp3) is 0.409. The molecule has 1 N–H and O–H groups in total. The SMILES string of the molecule is CCn1c(C)cc(C(=O)COC(=O)c2ccccc2SCC(=O)NCCOC)c1C. The van der Waals surface area contributed by atoms with Gasteiger partial charge in [0.05, 0.1) is 17.9 Å². The highest BCUT2D eigenvalue weighted by Gasteiger charge is 2.19. The van der Waals surface area contributed by atoms with Gasteiger partial charge in [0.1, 0.15) is 0 Å². The van der Waals surface area contributed by atoms with Crippen LogP contribution in [0.1, 0.15) is 39.0 Å². The Morgan fingerprint density at radius 3 is 2.53 bits per heavy atom. The van der Waals surface area contributed by atoms with Gasteiger partial charge in [-0.3, -0.25) is 9.59 Å². The Labute approximate surface area is 181 Å². The summed E-state index contributed by atoms with van der Waals surface area (Å²) in [6.07, 6.45) is 0. The third-order valence-corrected chi connectivity index (χ3v) is 5.69. The van der Waals surface area contributed by atoms with E-state index in [1.165, 1.54) is 11.8 Å². The molecule has 0 aliphatic heterocycles. The van der Waals surface area contributed by atoms with Gasteiger partial charge < -0.3 is 19.4 Å². The molecule has 1 aromatic heterocycles. The molecule has 0 aliphatic rings. The van der Waals surface area contributed by atoms with E-state index in [9.17, 15) is 14.4 Å². The Kier molecular flexibility index (Phi) is 9.14. The molecule has 0 saturated heterocycles. The number of ether oxygens (including phenoxy) is 2. The lowest BCUT2D eigenvalue weighted by Gasteiger charge is -2.10. The molecular weight excluding hydrogens is 404 g/mol. The highest BCUT2D eigenvalue weighted by molar-refractivity contribution is 8.00. The molecule has 0 saturated carbocycles. The van der Waals surface area contributed by atoms with E-state index >= 15 is 0 Å². The summed E-state index contributed by atoms with van der Waals surface area (Å²) in [7, 11) is 1.56. The van der Waals surface area contributed by atoms with Crippen LogP contribution in [-0.2, 0) is 20.8 Å². The van der Waals surface area contributed by atoms with E-state index in [-0.39, 0.29) is 24.1 Å². The number of thioether (sulfide) groups is 1. The summed E-state index contributed by atoms with van der Waals surface area (Å²) in [6, 6.07) is 8.70. The van der Waals surface area contributed by atoms with Gasteiger partial charge in [0.2, 0.25) is 11.7 Å². The van der Waals surface area contributed by atoms with Gasteiger partial charge in [-0.2, -0.15) is 0 Å². The number of rotatable bonds is 11. The van der Waals surface area contributed by atoms with E-state index < -0.39 is 5.97 Å². The zero-order valence-electron chi connectivity index (χ0n) is 17.8. The lowest BCUT2D eigenvalue weighted by molar-refractivity contribution is -0.118. The fourth-order valence-electron chi connectivity index (χ4n) is 3.10. The number of aryl methyl sites for hydroxylation is 1.